The van der Waals surface area contributed by atoms with Crippen LogP contribution in [0.15, 0.2) is 30.5 Å². The molecule has 0 aliphatic carbocycles. The highest BCUT2D eigenvalue weighted by molar-refractivity contribution is 6.11. The monoisotopic (exact) mass is 242 g/mol. The fourth-order valence-electron chi connectivity index (χ4n) is 1.79. The summed E-state index contributed by atoms with van der Waals surface area (Å²) in [4.78, 5) is 16.4. The number of benzene rings is 1. The number of nitrogens with zero attached hydrogens (tertiary/aromatic N) is 4. The number of tetrazole rings is 1. The predicted molar refractivity (Wildman–Crippen MR) is 65.0 cm³/mol. The number of hydrogen-bond donors (Lipinski definition) is 2. The number of aromatic amines is 1. The first-order chi connectivity index (χ1) is 8.74. The molecule has 0 spiro atoms. The van der Waals surface area contributed by atoms with Crippen molar-refractivity contribution in [1.29, 1.82) is 0 Å². The van der Waals surface area contributed by atoms with E-state index in [-0.39, 0.29) is 11.9 Å². The van der Waals surface area contributed by atoms with Crippen molar-refractivity contribution in [3.8, 4) is 0 Å². The smallest absolute Gasteiger partial charge is 0.270 e. The van der Waals surface area contributed by atoms with Crippen molar-refractivity contribution in [3.63, 3.8) is 0 Å². The summed E-state index contributed by atoms with van der Waals surface area (Å²) in [5.41, 5.74) is 1.48. The molecule has 1 aromatic carbocycles. The van der Waals surface area contributed by atoms with Gasteiger partial charge in [0, 0.05) is 22.7 Å². The first kappa shape index (κ1) is 10.5. The lowest BCUT2D eigenvalue weighted by Crippen LogP contribution is -2.13. The van der Waals surface area contributed by atoms with E-state index < -0.39 is 0 Å². The van der Waals surface area contributed by atoms with Gasteiger partial charge >= 0.3 is 0 Å². The lowest BCUT2D eigenvalue weighted by Gasteiger charge is -2.02. The zero-order valence-electron chi connectivity index (χ0n) is 9.58. The molecule has 7 heteroatoms. The van der Waals surface area contributed by atoms with E-state index in [1.807, 2.05) is 18.2 Å². The van der Waals surface area contributed by atoms with Crippen LogP contribution in [0.2, 0.25) is 0 Å². The molecule has 0 aliphatic heterocycles. The van der Waals surface area contributed by atoms with E-state index in [9.17, 15) is 4.79 Å². The van der Waals surface area contributed by atoms with Gasteiger partial charge in [0.15, 0.2) is 0 Å². The van der Waals surface area contributed by atoms with E-state index >= 15 is 0 Å². The van der Waals surface area contributed by atoms with Gasteiger partial charge in [0.25, 0.3) is 11.9 Å². The molecule has 0 radical (unpaired) electrons. The molecular weight excluding hydrogens is 232 g/mol. The number of nitrogens with one attached hydrogen (secondary N) is 2. The normalized spacial score (nSPS) is 10.7. The molecule has 0 atom stereocenters. The highest BCUT2D eigenvalue weighted by Gasteiger charge is 2.12. The van der Waals surface area contributed by atoms with E-state index in [0.717, 1.165) is 10.9 Å². The van der Waals surface area contributed by atoms with Crippen LogP contribution in [0, 0.1) is 0 Å². The maximum absolute atomic E-state index is 12.1. The number of aryl methyl sites for hydroxylation is 1. The second-order valence-corrected chi connectivity index (χ2v) is 3.80. The average Bonchev–Trinajstić information content (AvgIpc) is 2.97. The van der Waals surface area contributed by atoms with Crippen molar-refractivity contribution in [2.75, 3.05) is 5.32 Å². The first-order valence-corrected chi connectivity index (χ1v) is 5.35. The van der Waals surface area contributed by atoms with Gasteiger partial charge in [-0.1, -0.05) is 11.2 Å². The highest BCUT2D eigenvalue weighted by Crippen LogP contribution is 2.17. The molecule has 3 aromatic rings. The summed E-state index contributed by atoms with van der Waals surface area (Å²) < 4.78 is 0. The van der Waals surface area contributed by atoms with E-state index in [1.54, 1.807) is 19.3 Å². The van der Waals surface area contributed by atoms with Gasteiger partial charge in [-0.15, -0.1) is 5.10 Å². The van der Waals surface area contributed by atoms with Crippen LogP contribution in [-0.4, -0.2) is 31.1 Å². The maximum Gasteiger partial charge on any atom is 0.270 e. The summed E-state index contributed by atoms with van der Waals surface area (Å²) in [7, 11) is 1.63. The van der Waals surface area contributed by atoms with Crippen LogP contribution in [0.1, 0.15) is 10.4 Å². The van der Waals surface area contributed by atoms with Gasteiger partial charge in [-0.05, 0) is 23.4 Å². The number of hydrogen-bond acceptors (Lipinski definition) is 4. The summed E-state index contributed by atoms with van der Waals surface area (Å²) in [6, 6.07) is 7.33. The fourth-order valence-corrected chi connectivity index (χ4v) is 1.79. The summed E-state index contributed by atoms with van der Waals surface area (Å²) in [6.07, 6.45) is 1.79. The molecule has 2 heterocycles. The summed E-state index contributed by atoms with van der Waals surface area (Å²) >= 11 is 0. The Morgan fingerprint density at radius 2 is 2.28 bits per heavy atom. The third-order valence-corrected chi connectivity index (χ3v) is 2.57. The van der Waals surface area contributed by atoms with Crippen LogP contribution in [0.4, 0.5) is 5.95 Å². The van der Waals surface area contributed by atoms with Crippen molar-refractivity contribution in [2.24, 2.45) is 7.05 Å². The first-order valence-electron chi connectivity index (χ1n) is 5.35. The minimum absolute atomic E-state index is 0.190. The molecule has 0 aliphatic rings. The van der Waals surface area contributed by atoms with Gasteiger partial charge < -0.3 is 4.98 Å². The van der Waals surface area contributed by atoms with Gasteiger partial charge in [0.2, 0.25) is 0 Å². The second-order valence-electron chi connectivity index (χ2n) is 3.80. The molecule has 18 heavy (non-hydrogen) atoms. The zero-order chi connectivity index (χ0) is 12.5. The molecule has 7 nitrogen and oxygen atoms in total. The fraction of sp³-hybridized carbons (Fsp3) is 0.0909. The largest absolute Gasteiger partial charge is 0.361 e. The molecule has 1 amide bonds. The zero-order valence-corrected chi connectivity index (χ0v) is 9.58. The molecule has 0 fully saturated rings. The number of H-pyrrole nitrogens is 1. The molecule has 0 unspecified atom stereocenters. The number of carbonyl (C=O) groups is 1. The third-order valence-electron chi connectivity index (χ3n) is 2.57. The minimum atomic E-state index is -0.256. The van der Waals surface area contributed by atoms with Crippen LogP contribution < -0.4 is 5.32 Å². The van der Waals surface area contributed by atoms with Gasteiger partial charge in [-0.25, -0.2) is 0 Å². The van der Waals surface area contributed by atoms with Crippen LogP contribution in [-0.2, 0) is 7.05 Å². The number of aromatic nitrogens is 5. The van der Waals surface area contributed by atoms with Gasteiger partial charge in [0.05, 0.1) is 7.05 Å². The van der Waals surface area contributed by atoms with Crippen molar-refractivity contribution in [2.45, 2.75) is 0 Å². The summed E-state index contributed by atoms with van der Waals surface area (Å²) in [5, 5.41) is 14.7. The second kappa shape index (κ2) is 3.95. The van der Waals surface area contributed by atoms with Crippen LogP contribution in [0.3, 0.4) is 0 Å². The summed E-state index contributed by atoms with van der Waals surface area (Å²) in [6.45, 7) is 0. The SMILES string of the molecule is Cn1nnc(NC(=O)c2cccc3[nH]ccc23)n1. The molecule has 0 saturated carbocycles. The molecule has 2 N–H and O–H groups in total. The quantitative estimate of drug-likeness (QED) is 0.700. The number of carbonyl (C=O) groups excluding carboxylic acids is 1. The molecule has 2 aromatic heterocycles. The minimum Gasteiger partial charge on any atom is -0.361 e. The Bertz CT molecular complexity index is 713. The standard InChI is InChI=1S/C11H10N6O/c1-17-15-11(14-16-17)13-10(18)8-3-2-4-9-7(8)5-6-12-9/h2-6,12H,1H3,(H,13,15,18). The van der Waals surface area contributed by atoms with Crippen molar-refractivity contribution in [1.82, 2.24) is 25.2 Å². The molecule has 90 valence electrons. The Morgan fingerprint density at radius 3 is 3.06 bits per heavy atom. The number of amides is 1. The number of rotatable bonds is 2. The van der Waals surface area contributed by atoms with Gasteiger partial charge in [0.1, 0.15) is 0 Å². The predicted octanol–water partition coefficient (Wildman–Crippen LogP) is 0.944. The topological polar surface area (TPSA) is 88.5 Å². The van der Waals surface area contributed by atoms with Crippen molar-refractivity contribution < 1.29 is 4.79 Å². The van der Waals surface area contributed by atoms with E-state index in [4.69, 9.17) is 0 Å². The van der Waals surface area contributed by atoms with E-state index in [2.05, 4.69) is 25.7 Å². The Labute approximate surface area is 102 Å². The van der Waals surface area contributed by atoms with E-state index in [0.29, 0.717) is 5.56 Å². The average molecular weight is 242 g/mol. The molecule has 0 saturated heterocycles. The molecular formula is C11H10N6O. The van der Waals surface area contributed by atoms with Crippen molar-refractivity contribution >= 4 is 22.8 Å². The maximum atomic E-state index is 12.1. The van der Waals surface area contributed by atoms with Crippen LogP contribution >= 0.6 is 0 Å². The van der Waals surface area contributed by atoms with Crippen molar-refractivity contribution in [3.05, 3.63) is 36.0 Å². The van der Waals surface area contributed by atoms with Crippen LogP contribution in [0.25, 0.3) is 10.9 Å². The van der Waals surface area contributed by atoms with Gasteiger partial charge in [-0.3, -0.25) is 10.1 Å². The molecule has 3 rings (SSSR count). The highest BCUT2D eigenvalue weighted by atomic mass is 16.1. The third kappa shape index (κ3) is 1.71. The van der Waals surface area contributed by atoms with E-state index in [1.165, 1.54) is 4.80 Å². The Morgan fingerprint density at radius 1 is 1.39 bits per heavy atom. The Balaban J connectivity index is 1.94. The lowest BCUT2D eigenvalue weighted by atomic mass is 10.1. The Kier molecular flexibility index (Phi) is 2.30. The number of anilines is 1. The number of fused-ring (bicyclic) bond motifs is 1. The Hall–Kier alpha value is -2.70. The molecule has 0 bridgehead atoms. The van der Waals surface area contributed by atoms with Crippen LogP contribution in [0.5, 0.6) is 0 Å². The summed E-state index contributed by atoms with van der Waals surface area (Å²) in [5.74, 6) is -0.0664. The lowest BCUT2D eigenvalue weighted by molar-refractivity contribution is 0.102. The van der Waals surface area contributed by atoms with Gasteiger partial charge in [-0.2, -0.15) is 4.80 Å².